The maximum absolute atomic E-state index is 6.04. The molecular formula is C14H16N4S. The van der Waals surface area contributed by atoms with Gasteiger partial charge in [0.1, 0.15) is 0 Å². The maximum Gasteiger partial charge on any atom is 0.201 e. The molecule has 1 atom stereocenters. The molecule has 0 amide bonds. The van der Waals surface area contributed by atoms with Crippen molar-refractivity contribution in [3.05, 3.63) is 40.3 Å². The molecule has 1 aromatic carbocycles. The van der Waals surface area contributed by atoms with Gasteiger partial charge in [0.2, 0.25) is 5.95 Å². The van der Waals surface area contributed by atoms with Crippen LogP contribution in [0.15, 0.2) is 29.8 Å². The van der Waals surface area contributed by atoms with E-state index < -0.39 is 0 Å². The van der Waals surface area contributed by atoms with Gasteiger partial charge in [-0.3, -0.25) is 0 Å². The maximum atomic E-state index is 6.04. The minimum absolute atomic E-state index is 0.334. The second kappa shape index (κ2) is 4.66. The van der Waals surface area contributed by atoms with Gasteiger partial charge in [0, 0.05) is 24.0 Å². The molecule has 0 spiro atoms. The number of thiazole rings is 1. The summed E-state index contributed by atoms with van der Waals surface area (Å²) < 4.78 is 2.08. The van der Waals surface area contributed by atoms with Crippen molar-refractivity contribution >= 4 is 28.3 Å². The van der Waals surface area contributed by atoms with Gasteiger partial charge >= 0.3 is 0 Å². The molecule has 4 nitrogen and oxygen atoms in total. The third-order valence-electron chi connectivity index (χ3n) is 3.26. The van der Waals surface area contributed by atoms with E-state index in [0.717, 1.165) is 22.6 Å². The van der Waals surface area contributed by atoms with Crippen molar-refractivity contribution in [2.45, 2.75) is 26.3 Å². The largest absolute Gasteiger partial charge is 0.369 e. The van der Waals surface area contributed by atoms with Crippen molar-refractivity contribution in [2.75, 3.05) is 5.73 Å². The van der Waals surface area contributed by atoms with Crippen LogP contribution in [0.25, 0.3) is 11.0 Å². The highest BCUT2D eigenvalue weighted by molar-refractivity contribution is 7.09. The van der Waals surface area contributed by atoms with Gasteiger partial charge in [-0.2, -0.15) is 0 Å². The number of nitrogens with zero attached hydrogens (tertiary/aromatic N) is 3. The number of nitrogens with two attached hydrogens (primary N) is 1. The van der Waals surface area contributed by atoms with Crippen LogP contribution in [0.3, 0.4) is 0 Å². The number of imidazole rings is 1. The van der Waals surface area contributed by atoms with Crippen LogP contribution in [-0.4, -0.2) is 14.5 Å². The van der Waals surface area contributed by atoms with Crippen LogP contribution in [0.5, 0.6) is 0 Å². The molecular weight excluding hydrogens is 256 g/mol. The van der Waals surface area contributed by atoms with Crippen LogP contribution in [0.4, 0.5) is 5.95 Å². The molecule has 3 aromatic rings. The van der Waals surface area contributed by atoms with E-state index in [4.69, 9.17) is 5.73 Å². The fourth-order valence-electron chi connectivity index (χ4n) is 2.27. The Kier molecular flexibility index (Phi) is 2.98. The lowest BCUT2D eigenvalue weighted by molar-refractivity contribution is 0.614. The second-order valence-electron chi connectivity index (χ2n) is 4.84. The molecule has 2 aromatic heterocycles. The second-order valence-corrected chi connectivity index (χ2v) is 5.77. The van der Waals surface area contributed by atoms with Gasteiger partial charge in [0.25, 0.3) is 0 Å². The molecule has 0 radical (unpaired) electrons. The Morgan fingerprint density at radius 2 is 2.26 bits per heavy atom. The molecule has 0 aliphatic rings. The van der Waals surface area contributed by atoms with Gasteiger partial charge in [0.15, 0.2) is 0 Å². The van der Waals surface area contributed by atoms with E-state index in [0.29, 0.717) is 11.9 Å². The van der Waals surface area contributed by atoms with Crippen molar-refractivity contribution in [3.8, 4) is 0 Å². The lowest BCUT2D eigenvalue weighted by Crippen LogP contribution is -2.09. The van der Waals surface area contributed by atoms with E-state index in [9.17, 15) is 0 Å². The van der Waals surface area contributed by atoms with E-state index in [2.05, 4.69) is 40.5 Å². The number of hydrogen-bond acceptors (Lipinski definition) is 4. The topological polar surface area (TPSA) is 56.7 Å². The van der Waals surface area contributed by atoms with Crippen molar-refractivity contribution < 1.29 is 0 Å². The van der Waals surface area contributed by atoms with Crippen LogP contribution < -0.4 is 5.73 Å². The first-order valence-electron chi connectivity index (χ1n) is 6.27. The van der Waals surface area contributed by atoms with Crippen molar-refractivity contribution in [1.82, 2.24) is 14.5 Å². The molecule has 2 N–H and O–H groups in total. The van der Waals surface area contributed by atoms with E-state index in [1.807, 2.05) is 17.6 Å². The standard InChI is InChI=1S/C14H16N4S/c1-9-3-4-11-12(7-9)18(14(15)17-11)8-10(2)13-16-5-6-19-13/h3-7,10H,8H2,1-2H3,(H2,15,17). The summed E-state index contributed by atoms with van der Waals surface area (Å²) >= 11 is 1.68. The van der Waals surface area contributed by atoms with Crippen LogP contribution in [-0.2, 0) is 6.54 Å². The Morgan fingerprint density at radius 3 is 3.00 bits per heavy atom. The van der Waals surface area contributed by atoms with E-state index in [-0.39, 0.29) is 0 Å². The minimum Gasteiger partial charge on any atom is -0.369 e. The minimum atomic E-state index is 0.334. The van der Waals surface area contributed by atoms with Crippen LogP contribution in [0, 0.1) is 6.92 Å². The third kappa shape index (κ3) is 2.21. The number of aromatic nitrogens is 3. The number of hydrogen-bond donors (Lipinski definition) is 1. The van der Waals surface area contributed by atoms with Crippen molar-refractivity contribution in [1.29, 1.82) is 0 Å². The molecule has 0 saturated heterocycles. The Morgan fingerprint density at radius 1 is 1.42 bits per heavy atom. The highest BCUT2D eigenvalue weighted by atomic mass is 32.1. The first-order valence-corrected chi connectivity index (χ1v) is 7.15. The molecule has 0 aliphatic carbocycles. The van der Waals surface area contributed by atoms with Crippen LogP contribution in [0.2, 0.25) is 0 Å². The summed E-state index contributed by atoms with van der Waals surface area (Å²) in [5.74, 6) is 0.907. The summed E-state index contributed by atoms with van der Waals surface area (Å²) in [6.45, 7) is 5.05. The molecule has 2 heterocycles. The summed E-state index contributed by atoms with van der Waals surface area (Å²) in [5.41, 5.74) is 9.31. The summed E-state index contributed by atoms with van der Waals surface area (Å²) in [5, 5.41) is 3.14. The number of aryl methyl sites for hydroxylation is 1. The summed E-state index contributed by atoms with van der Waals surface area (Å²) in [7, 11) is 0. The number of anilines is 1. The summed E-state index contributed by atoms with van der Waals surface area (Å²) in [4.78, 5) is 8.78. The predicted octanol–water partition coefficient (Wildman–Crippen LogP) is 3.19. The SMILES string of the molecule is Cc1ccc2nc(N)n(CC(C)c3nccs3)c2c1. The van der Waals surface area contributed by atoms with Gasteiger partial charge < -0.3 is 10.3 Å². The molecule has 0 bridgehead atoms. The molecule has 0 saturated carbocycles. The molecule has 1 unspecified atom stereocenters. The molecule has 5 heteroatoms. The van der Waals surface area contributed by atoms with E-state index in [1.54, 1.807) is 11.3 Å². The van der Waals surface area contributed by atoms with E-state index >= 15 is 0 Å². The zero-order valence-corrected chi connectivity index (χ0v) is 11.8. The number of nitrogen functional groups attached to an aromatic ring is 1. The summed E-state index contributed by atoms with van der Waals surface area (Å²) in [6.07, 6.45) is 1.84. The zero-order valence-electron chi connectivity index (χ0n) is 11.0. The Balaban J connectivity index is 2.00. The van der Waals surface area contributed by atoms with E-state index in [1.165, 1.54) is 5.56 Å². The lowest BCUT2D eigenvalue weighted by Gasteiger charge is -2.11. The average molecular weight is 272 g/mol. The first kappa shape index (κ1) is 12.2. The van der Waals surface area contributed by atoms with Gasteiger partial charge in [-0.1, -0.05) is 13.0 Å². The van der Waals surface area contributed by atoms with Gasteiger partial charge in [-0.25, -0.2) is 9.97 Å². The summed E-state index contributed by atoms with van der Waals surface area (Å²) in [6, 6.07) is 6.21. The Labute approximate surface area is 115 Å². The first-order chi connectivity index (χ1) is 9.15. The molecule has 98 valence electrons. The smallest absolute Gasteiger partial charge is 0.201 e. The monoisotopic (exact) mass is 272 g/mol. The van der Waals surface area contributed by atoms with Crippen molar-refractivity contribution in [3.63, 3.8) is 0 Å². The van der Waals surface area contributed by atoms with Gasteiger partial charge in [-0.15, -0.1) is 11.3 Å². The number of rotatable bonds is 3. The fourth-order valence-corrected chi connectivity index (χ4v) is 2.96. The van der Waals surface area contributed by atoms with Crippen LogP contribution >= 0.6 is 11.3 Å². The highest BCUT2D eigenvalue weighted by Crippen LogP contribution is 2.25. The van der Waals surface area contributed by atoms with Crippen molar-refractivity contribution in [2.24, 2.45) is 0 Å². The lowest BCUT2D eigenvalue weighted by atomic mass is 10.2. The highest BCUT2D eigenvalue weighted by Gasteiger charge is 2.14. The normalized spacial score (nSPS) is 12.9. The van der Waals surface area contributed by atoms with Gasteiger partial charge in [0.05, 0.1) is 16.0 Å². The third-order valence-corrected chi connectivity index (χ3v) is 4.27. The Hall–Kier alpha value is -1.88. The quantitative estimate of drug-likeness (QED) is 0.796. The Bertz CT molecular complexity index is 700. The average Bonchev–Trinajstić information content (AvgIpc) is 2.99. The molecule has 3 rings (SSSR count). The fraction of sp³-hybridized carbons (Fsp3) is 0.286. The zero-order chi connectivity index (χ0) is 13.4. The molecule has 0 fully saturated rings. The van der Waals surface area contributed by atoms with Crippen LogP contribution in [0.1, 0.15) is 23.4 Å². The van der Waals surface area contributed by atoms with Gasteiger partial charge in [-0.05, 0) is 24.6 Å². The number of fused-ring (bicyclic) bond motifs is 1. The predicted molar refractivity (Wildman–Crippen MR) is 79.4 cm³/mol. The number of benzene rings is 1. The molecule has 19 heavy (non-hydrogen) atoms. The molecule has 0 aliphatic heterocycles.